The fourth-order valence-electron chi connectivity index (χ4n) is 3.20. The molecule has 0 radical (unpaired) electrons. The maximum atomic E-state index is 12.9. The van der Waals surface area contributed by atoms with Gasteiger partial charge in [0.1, 0.15) is 5.25 Å². The minimum Gasteiger partial charge on any atom is -0.465 e. The highest BCUT2D eigenvalue weighted by molar-refractivity contribution is 8.00. The number of anilines is 1. The van der Waals surface area contributed by atoms with Gasteiger partial charge in [-0.15, -0.1) is 0 Å². The number of hydrogen-bond donors (Lipinski definition) is 1. The van der Waals surface area contributed by atoms with Crippen molar-refractivity contribution in [3.05, 3.63) is 50.7 Å². The zero-order chi connectivity index (χ0) is 22.0. The van der Waals surface area contributed by atoms with Crippen molar-refractivity contribution in [1.82, 2.24) is 18.7 Å². The van der Waals surface area contributed by atoms with Crippen molar-refractivity contribution in [3.8, 4) is 0 Å². The Balaban J connectivity index is 2.21. The third-order valence-corrected chi connectivity index (χ3v) is 6.11. The molecular weight excluding hydrogens is 406 g/mol. The van der Waals surface area contributed by atoms with E-state index in [4.69, 9.17) is 10.5 Å². The lowest BCUT2D eigenvalue weighted by Gasteiger charge is -2.14. The van der Waals surface area contributed by atoms with Gasteiger partial charge in [0.2, 0.25) is 0 Å². The zero-order valence-corrected chi connectivity index (χ0v) is 18.2. The number of ether oxygens (including phenoxy) is 1. The molecule has 3 rings (SSSR count). The summed E-state index contributed by atoms with van der Waals surface area (Å²) in [5.41, 5.74) is 7.04. The maximum Gasteiger partial charge on any atom is 0.332 e. The number of carbonyl (C=O) groups is 1. The second-order valence-corrected chi connectivity index (χ2v) is 8.04. The van der Waals surface area contributed by atoms with Crippen LogP contribution in [0.25, 0.3) is 11.2 Å². The van der Waals surface area contributed by atoms with Gasteiger partial charge in [-0.05, 0) is 31.0 Å². The topological polar surface area (TPSA) is 114 Å². The number of nitrogens with zero attached hydrogens (tertiary/aromatic N) is 4. The van der Waals surface area contributed by atoms with Crippen molar-refractivity contribution in [2.45, 2.75) is 37.2 Å². The van der Waals surface area contributed by atoms with Crippen LogP contribution >= 0.6 is 11.8 Å². The molecule has 2 heterocycles. The predicted octanol–water partition coefficient (Wildman–Crippen LogP) is 1.50. The molecule has 0 fully saturated rings. The standard InChI is InChI=1S/C20H25N5O4S/c1-5-14(18(27)29-6-2)30-19-22-16-15(17(26)24(4)20(28)23(16)3)25(19)11-12-8-7-9-13(21)10-12/h7-10,14H,5-6,11,21H2,1-4H3. The summed E-state index contributed by atoms with van der Waals surface area (Å²) in [4.78, 5) is 42.2. The fraction of sp³-hybridized carbons (Fsp3) is 0.400. The highest BCUT2D eigenvalue weighted by atomic mass is 32.2. The number of hydrogen-bond acceptors (Lipinski definition) is 7. The van der Waals surface area contributed by atoms with E-state index in [-0.39, 0.29) is 18.2 Å². The SMILES string of the molecule is CCOC(=O)C(CC)Sc1nc2c(c(=O)n(C)c(=O)n2C)n1Cc1cccc(N)c1. The minimum atomic E-state index is -0.484. The van der Waals surface area contributed by atoms with E-state index in [9.17, 15) is 14.4 Å². The number of carbonyl (C=O) groups excluding carboxylic acids is 1. The van der Waals surface area contributed by atoms with E-state index in [0.717, 1.165) is 10.1 Å². The molecule has 30 heavy (non-hydrogen) atoms. The van der Waals surface area contributed by atoms with Crippen LogP contribution in [0, 0.1) is 0 Å². The van der Waals surface area contributed by atoms with Gasteiger partial charge < -0.3 is 15.0 Å². The molecule has 0 aliphatic rings. The average Bonchev–Trinajstić information content (AvgIpc) is 3.07. The summed E-state index contributed by atoms with van der Waals surface area (Å²) >= 11 is 1.22. The number of imidazole rings is 1. The molecule has 9 nitrogen and oxygen atoms in total. The number of rotatable bonds is 7. The Bertz CT molecular complexity index is 1210. The van der Waals surface area contributed by atoms with E-state index in [0.29, 0.717) is 29.3 Å². The number of aromatic nitrogens is 4. The third kappa shape index (κ3) is 4.00. The first-order valence-electron chi connectivity index (χ1n) is 9.62. The van der Waals surface area contributed by atoms with Gasteiger partial charge in [0.05, 0.1) is 13.2 Å². The Morgan fingerprint density at radius 3 is 2.60 bits per heavy atom. The third-order valence-electron chi connectivity index (χ3n) is 4.77. The second kappa shape index (κ2) is 8.78. The van der Waals surface area contributed by atoms with Crippen molar-refractivity contribution < 1.29 is 9.53 Å². The van der Waals surface area contributed by atoms with Crippen molar-refractivity contribution in [1.29, 1.82) is 0 Å². The molecule has 0 bridgehead atoms. The predicted molar refractivity (Wildman–Crippen MR) is 117 cm³/mol. The maximum absolute atomic E-state index is 12.9. The van der Waals surface area contributed by atoms with Gasteiger partial charge in [0.15, 0.2) is 16.3 Å². The van der Waals surface area contributed by atoms with E-state index in [1.165, 1.54) is 23.4 Å². The Morgan fingerprint density at radius 1 is 1.23 bits per heavy atom. The van der Waals surface area contributed by atoms with E-state index in [2.05, 4.69) is 4.98 Å². The number of benzene rings is 1. The van der Waals surface area contributed by atoms with Crippen LogP contribution in [0.5, 0.6) is 0 Å². The van der Waals surface area contributed by atoms with Gasteiger partial charge >= 0.3 is 11.7 Å². The van der Waals surface area contributed by atoms with Gasteiger partial charge in [-0.2, -0.15) is 0 Å². The molecule has 0 spiro atoms. The Labute approximate surface area is 177 Å². The Morgan fingerprint density at radius 2 is 1.97 bits per heavy atom. The van der Waals surface area contributed by atoms with Gasteiger partial charge in [0.25, 0.3) is 5.56 Å². The molecule has 0 saturated carbocycles. The number of thioether (sulfide) groups is 1. The van der Waals surface area contributed by atoms with Crippen LogP contribution in [-0.2, 0) is 30.2 Å². The summed E-state index contributed by atoms with van der Waals surface area (Å²) in [6, 6.07) is 7.32. The van der Waals surface area contributed by atoms with Crippen LogP contribution < -0.4 is 17.0 Å². The van der Waals surface area contributed by atoms with Crippen LogP contribution in [0.15, 0.2) is 39.0 Å². The molecule has 160 valence electrons. The molecule has 1 atom stereocenters. The van der Waals surface area contributed by atoms with Gasteiger partial charge in [-0.25, -0.2) is 9.78 Å². The van der Waals surface area contributed by atoms with Crippen LogP contribution in [0.2, 0.25) is 0 Å². The lowest BCUT2D eigenvalue weighted by Crippen LogP contribution is -2.37. The monoisotopic (exact) mass is 431 g/mol. The van der Waals surface area contributed by atoms with Crippen molar-refractivity contribution in [2.24, 2.45) is 14.1 Å². The number of fused-ring (bicyclic) bond motifs is 1. The molecule has 0 aliphatic heterocycles. The normalized spacial score (nSPS) is 12.3. The summed E-state index contributed by atoms with van der Waals surface area (Å²) in [6.07, 6.45) is 0.530. The number of esters is 1. The molecule has 0 aliphatic carbocycles. The van der Waals surface area contributed by atoms with Crippen molar-refractivity contribution in [3.63, 3.8) is 0 Å². The second-order valence-electron chi connectivity index (χ2n) is 6.87. The smallest absolute Gasteiger partial charge is 0.332 e. The summed E-state index contributed by atoms with van der Waals surface area (Å²) in [7, 11) is 3.00. The molecule has 2 N–H and O–H groups in total. The van der Waals surface area contributed by atoms with Crippen molar-refractivity contribution in [2.75, 3.05) is 12.3 Å². The minimum absolute atomic E-state index is 0.271. The van der Waals surface area contributed by atoms with Crippen molar-refractivity contribution >= 4 is 34.6 Å². The Hall–Kier alpha value is -3.01. The summed E-state index contributed by atoms with van der Waals surface area (Å²) in [6.45, 7) is 4.24. The first kappa shape index (κ1) is 21.7. The molecule has 2 aromatic heterocycles. The van der Waals surface area contributed by atoms with Crippen LogP contribution in [0.1, 0.15) is 25.8 Å². The molecule has 0 saturated heterocycles. The van der Waals surface area contributed by atoms with Gasteiger partial charge in [-0.3, -0.25) is 18.7 Å². The Kier molecular flexibility index (Phi) is 6.35. The number of nitrogen functional groups attached to an aromatic ring is 1. The van der Waals surface area contributed by atoms with Gasteiger partial charge in [0, 0.05) is 19.8 Å². The molecule has 3 aromatic rings. The molecule has 10 heteroatoms. The fourth-order valence-corrected chi connectivity index (χ4v) is 4.21. The summed E-state index contributed by atoms with van der Waals surface area (Å²) < 4.78 is 9.29. The lowest BCUT2D eigenvalue weighted by molar-refractivity contribution is -0.142. The van der Waals surface area contributed by atoms with E-state index in [1.54, 1.807) is 24.6 Å². The highest BCUT2D eigenvalue weighted by Crippen LogP contribution is 2.29. The largest absolute Gasteiger partial charge is 0.465 e. The van der Waals surface area contributed by atoms with Crippen LogP contribution in [0.4, 0.5) is 5.69 Å². The zero-order valence-electron chi connectivity index (χ0n) is 17.4. The number of aryl methyl sites for hydroxylation is 1. The van der Waals surface area contributed by atoms with E-state index >= 15 is 0 Å². The van der Waals surface area contributed by atoms with Crippen LogP contribution in [-0.4, -0.2) is 36.5 Å². The molecule has 0 amide bonds. The average molecular weight is 432 g/mol. The quantitative estimate of drug-likeness (QED) is 0.342. The first-order chi connectivity index (χ1) is 14.3. The molecule has 1 unspecified atom stereocenters. The molecular formula is C20H25N5O4S. The number of nitrogens with two attached hydrogens (primary N) is 1. The highest BCUT2D eigenvalue weighted by Gasteiger charge is 2.25. The summed E-state index contributed by atoms with van der Waals surface area (Å²) in [5, 5.41) is -0.0205. The van der Waals surface area contributed by atoms with Crippen LogP contribution in [0.3, 0.4) is 0 Å². The summed E-state index contributed by atoms with van der Waals surface area (Å²) in [5.74, 6) is -0.339. The van der Waals surface area contributed by atoms with E-state index in [1.807, 2.05) is 25.1 Å². The molecule has 1 aromatic carbocycles. The van der Waals surface area contributed by atoms with Gasteiger partial charge in [-0.1, -0.05) is 30.8 Å². The van der Waals surface area contributed by atoms with E-state index < -0.39 is 16.5 Å². The first-order valence-corrected chi connectivity index (χ1v) is 10.5. The lowest BCUT2D eigenvalue weighted by atomic mass is 10.2.